The van der Waals surface area contributed by atoms with E-state index in [1.165, 1.54) is 27.3 Å². The molecule has 3 aromatic heterocycles. The van der Waals surface area contributed by atoms with Crippen molar-refractivity contribution in [3.63, 3.8) is 0 Å². The molecule has 8 aromatic carbocycles. The van der Waals surface area contributed by atoms with E-state index < -0.39 is 0 Å². The van der Waals surface area contributed by atoms with E-state index in [9.17, 15) is 0 Å². The van der Waals surface area contributed by atoms with Crippen LogP contribution in [-0.4, -0.2) is 19.5 Å². The van der Waals surface area contributed by atoms with Crippen LogP contribution in [0.3, 0.4) is 0 Å². The molecule has 0 N–H and O–H groups in total. The van der Waals surface area contributed by atoms with E-state index in [1.807, 2.05) is 36.4 Å². The third kappa shape index (κ3) is 6.16. The van der Waals surface area contributed by atoms with Gasteiger partial charge >= 0.3 is 0 Å². The average Bonchev–Trinajstić information content (AvgIpc) is 3.85. The van der Waals surface area contributed by atoms with E-state index in [4.69, 9.17) is 19.4 Å². The van der Waals surface area contributed by atoms with Gasteiger partial charge in [-0.05, 0) is 65.1 Å². The SMILES string of the molecule is CCCc1ccc2oc3c(-c4ccc5c6ccccc6n(-c6cccc(-c7nc(-c8ccccc8)nc(-c8ccc(-c9ccccc9)cc8)n7)c6)c5c4)cccc3c2c1. The van der Waals surface area contributed by atoms with Crippen molar-refractivity contribution in [2.45, 2.75) is 19.8 Å². The molecule has 0 atom stereocenters. The van der Waals surface area contributed by atoms with Crippen LogP contribution in [0.1, 0.15) is 18.9 Å². The van der Waals surface area contributed by atoms with E-state index in [0.29, 0.717) is 17.5 Å². The Morgan fingerprint density at radius 3 is 1.80 bits per heavy atom. The van der Waals surface area contributed by atoms with Gasteiger partial charge in [-0.25, -0.2) is 15.0 Å². The molecule has 11 rings (SSSR count). The standard InChI is InChI=1S/C54H38N4O/c1-2-13-35-24-31-50-47(32-35)46-22-12-21-43(51(46)59-50)40-29-30-45-44-20-9-10-23-48(44)58(49(45)34-40)42-19-11-18-41(33-42)54-56-52(38-16-7-4-8-17-38)55-53(57-54)39-27-25-37(26-28-39)36-14-5-3-6-15-36/h3-12,14-34H,2,13H2,1H3. The predicted octanol–water partition coefficient (Wildman–Crippen LogP) is 14.2. The fourth-order valence-corrected chi connectivity index (χ4v) is 8.51. The maximum atomic E-state index is 6.61. The maximum Gasteiger partial charge on any atom is 0.164 e. The molecule has 3 heterocycles. The molecular weight excluding hydrogens is 721 g/mol. The normalized spacial score (nSPS) is 11.6. The summed E-state index contributed by atoms with van der Waals surface area (Å²) in [6, 6.07) is 66.0. The van der Waals surface area contributed by atoms with Crippen LogP contribution in [-0.2, 0) is 6.42 Å². The van der Waals surface area contributed by atoms with Crippen LogP contribution in [0.2, 0.25) is 0 Å². The van der Waals surface area contributed by atoms with Gasteiger partial charge in [0.05, 0.1) is 11.0 Å². The maximum absolute atomic E-state index is 6.61. The number of furan rings is 1. The second-order valence-electron chi connectivity index (χ2n) is 15.1. The number of hydrogen-bond donors (Lipinski definition) is 0. The van der Waals surface area contributed by atoms with Crippen molar-refractivity contribution in [2.24, 2.45) is 0 Å². The van der Waals surface area contributed by atoms with E-state index >= 15 is 0 Å². The number of rotatable bonds is 8. The van der Waals surface area contributed by atoms with Crippen LogP contribution < -0.4 is 0 Å². The van der Waals surface area contributed by atoms with Gasteiger partial charge in [0.1, 0.15) is 11.2 Å². The fraction of sp³-hybridized carbons (Fsp3) is 0.0556. The minimum atomic E-state index is 0.614. The van der Waals surface area contributed by atoms with Gasteiger partial charge in [-0.2, -0.15) is 0 Å². The highest BCUT2D eigenvalue weighted by atomic mass is 16.3. The molecule has 0 amide bonds. The third-order valence-corrected chi connectivity index (χ3v) is 11.4. The van der Waals surface area contributed by atoms with Gasteiger partial charge in [0.15, 0.2) is 17.5 Å². The lowest BCUT2D eigenvalue weighted by atomic mass is 10.00. The van der Waals surface area contributed by atoms with Crippen LogP contribution in [0.15, 0.2) is 192 Å². The van der Waals surface area contributed by atoms with Crippen LogP contribution in [0.25, 0.3) is 106 Å². The molecular formula is C54H38N4O. The van der Waals surface area contributed by atoms with Crippen molar-refractivity contribution >= 4 is 43.7 Å². The van der Waals surface area contributed by atoms with Gasteiger partial charge in [-0.3, -0.25) is 0 Å². The number of benzene rings is 8. The summed E-state index contributed by atoms with van der Waals surface area (Å²) in [5, 5.41) is 4.68. The van der Waals surface area contributed by atoms with Crippen molar-refractivity contribution in [1.29, 1.82) is 0 Å². The average molecular weight is 759 g/mol. The summed E-state index contributed by atoms with van der Waals surface area (Å²) >= 11 is 0. The van der Waals surface area contributed by atoms with Gasteiger partial charge in [0.25, 0.3) is 0 Å². The van der Waals surface area contributed by atoms with E-state index in [2.05, 4.69) is 163 Å². The minimum absolute atomic E-state index is 0.614. The molecule has 0 spiro atoms. The molecule has 0 unspecified atom stereocenters. The van der Waals surface area contributed by atoms with Gasteiger partial charge in [0, 0.05) is 49.5 Å². The lowest BCUT2D eigenvalue weighted by Gasteiger charge is -2.12. The van der Waals surface area contributed by atoms with Crippen molar-refractivity contribution < 1.29 is 4.42 Å². The molecule has 0 bridgehead atoms. The molecule has 5 heteroatoms. The molecule has 0 aliphatic carbocycles. The first-order valence-corrected chi connectivity index (χ1v) is 20.2. The highest BCUT2D eigenvalue weighted by molar-refractivity contribution is 6.13. The topological polar surface area (TPSA) is 56.7 Å². The highest BCUT2D eigenvalue weighted by Gasteiger charge is 2.18. The summed E-state index contributed by atoms with van der Waals surface area (Å²) in [6.07, 6.45) is 2.16. The molecule has 0 saturated carbocycles. The Balaban J connectivity index is 1.05. The Morgan fingerprint density at radius 1 is 0.424 bits per heavy atom. The highest BCUT2D eigenvalue weighted by Crippen LogP contribution is 2.40. The fourth-order valence-electron chi connectivity index (χ4n) is 8.51. The third-order valence-electron chi connectivity index (χ3n) is 11.4. The van der Waals surface area contributed by atoms with Gasteiger partial charge < -0.3 is 8.98 Å². The number of fused-ring (bicyclic) bond motifs is 6. The number of hydrogen-bond acceptors (Lipinski definition) is 4. The van der Waals surface area contributed by atoms with E-state index in [1.54, 1.807) is 0 Å². The summed E-state index contributed by atoms with van der Waals surface area (Å²) in [5.41, 5.74) is 13.7. The van der Waals surface area contributed by atoms with E-state index in [0.717, 1.165) is 79.5 Å². The van der Waals surface area contributed by atoms with Crippen LogP contribution in [0.5, 0.6) is 0 Å². The molecule has 0 saturated heterocycles. The number of nitrogens with zero attached hydrogens (tertiary/aromatic N) is 4. The van der Waals surface area contributed by atoms with Crippen LogP contribution in [0, 0.1) is 0 Å². The Kier molecular flexibility index (Phi) is 8.44. The van der Waals surface area contributed by atoms with E-state index in [-0.39, 0.29) is 0 Å². The van der Waals surface area contributed by atoms with Crippen molar-refractivity contribution in [1.82, 2.24) is 19.5 Å². The van der Waals surface area contributed by atoms with Crippen molar-refractivity contribution in [2.75, 3.05) is 0 Å². The zero-order valence-corrected chi connectivity index (χ0v) is 32.5. The van der Waals surface area contributed by atoms with Crippen LogP contribution in [0.4, 0.5) is 0 Å². The molecule has 11 aromatic rings. The molecule has 0 fully saturated rings. The smallest absolute Gasteiger partial charge is 0.164 e. The zero-order chi connectivity index (χ0) is 39.3. The molecule has 0 aliphatic heterocycles. The lowest BCUT2D eigenvalue weighted by molar-refractivity contribution is 0.670. The Morgan fingerprint density at radius 2 is 1.02 bits per heavy atom. The quantitative estimate of drug-likeness (QED) is 0.155. The monoisotopic (exact) mass is 758 g/mol. The zero-order valence-electron chi connectivity index (χ0n) is 32.5. The second-order valence-corrected chi connectivity index (χ2v) is 15.1. The van der Waals surface area contributed by atoms with Gasteiger partial charge in [-0.15, -0.1) is 0 Å². The summed E-state index contributed by atoms with van der Waals surface area (Å²) in [5.74, 6) is 1.87. The summed E-state index contributed by atoms with van der Waals surface area (Å²) in [6.45, 7) is 2.22. The molecule has 59 heavy (non-hydrogen) atoms. The summed E-state index contributed by atoms with van der Waals surface area (Å²) < 4.78 is 8.96. The van der Waals surface area contributed by atoms with Gasteiger partial charge in [-0.1, -0.05) is 165 Å². The second kappa shape index (κ2) is 14.4. The molecule has 0 aliphatic rings. The van der Waals surface area contributed by atoms with Crippen molar-refractivity contribution in [3.05, 3.63) is 194 Å². The predicted molar refractivity (Wildman–Crippen MR) is 243 cm³/mol. The Bertz CT molecular complexity index is 3330. The minimum Gasteiger partial charge on any atom is -0.455 e. The Hall–Kier alpha value is -7.63. The molecule has 0 radical (unpaired) electrons. The number of para-hydroxylation sites is 2. The molecule has 280 valence electrons. The Labute approximate surface area is 341 Å². The first kappa shape index (κ1) is 34.6. The first-order chi connectivity index (χ1) is 29.2. The molecule has 5 nitrogen and oxygen atoms in total. The van der Waals surface area contributed by atoms with Crippen molar-refractivity contribution in [3.8, 4) is 62.1 Å². The first-order valence-electron chi connectivity index (χ1n) is 20.2. The number of aromatic nitrogens is 4. The lowest BCUT2D eigenvalue weighted by Crippen LogP contribution is -2.01. The summed E-state index contributed by atoms with van der Waals surface area (Å²) in [4.78, 5) is 15.2. The van der Waals surface area contributed by atoms with Crippen LogP contribution >= 0.6 is 0 Å². The summed E-state index contributed by atoms with van der Waals surface area (Å²) in [7, 11) is 0. The largest absolute Gasteiger partial charge is 0.455 e. The number of aryl methyl sites for hydroxylation is 1. The van der Waals surface area contributed by atoms with Gasteiger partial charge in [0.2, 0.25) is 0 Å².